The van der Waals surface area contributed by atoms with Gasteiger partial charge >= 0.3 is 0 Å². The van der Waals surface area contributed by atoms with Crippen molar-refractivity contribution < 1.29 is 4.42 Å². The van der Waals surface area contributed by atoms with Gasteiger partial charge in [0.1, 0.15) is 11.2 Å². The van der Waals surface area contributed by atoms with Crippen LogP contribution in [0.15, 0.2) is 95.4 Å². The number of hydrogen-bond donors (Lipinski definition) is 0. The Labute approximate surface area is 177 Å². The Balaban J connectivity index is 1.56. The molecule has 6 rings (SSSR count). The predicted molar refractivity (Wildman–Crippen MR) is 123 cm³/mol. The highest BCUT2D eigenvalue weighted by molar-refractivity contribution is 6.28. The Morgan fingerprint density at radius 3 is 2.33 bits per heavy atom. The van der Waals surface area contributed by atoms with Gasteiger partial charge in [0.2, 0.25) is 5.28 Å². The monoisotopic (exact) mass is 406 g/mol. The van der Waals surface area contributed by atoms with Gasteiger partial charge in [-0.3, -0.25) is 0 Å². The normalized spacial score (nSPS) is 11.5. The van der Waals surface area contributed by atoms with Crippen LogP contribution in [-0.2, 0) is 0 Å². The third kappa shape index (κ3) is 2.75. The van der Waals surface area contributed by atoms with E-state index in [1.807, 2.05) is 48.5 Å². The number of rotatable bonds is 2. The minimum absolute atomic E-state index is 0.212. The molecule has 2 heterocycles. The van der Waals surface area contributed by atoms with Crippen LogP contribution >= 0.6 is 11.6 Å². The van der Waals surface area contributed by atoms with Crippen molar-refractivity contribution in [3.8, 4) is 22.5 Å². The molecule has 0 atom stereocenters. The minimum atomic E-state index is 0.212. The first-order chi connectivity index (χ1) is 14.8. The van der Waals surface area contributed by atoms with Gasteiger partial charge in [-0.15, -0.1) is 0 Å². The fraction of sp³-hybridized carbons (Fsp3) is 0. The quantitative estimate of drug-likeness (QED) is 0.279. The average Bonchev–Trinajstić information content (AvgIpc) is 3.17. The number of fused-ring (bicyclic) bond motifs is 4. The van der Waals surface area contributed by atoms with Gasteiger partial charge in [0, 0.05) is 21.9 Å². The van der Waals surface area contributed by atoms with E-state index in [4.69, 9.17) is 16.0 Å². The van der Waals surface area contributed by atoms with Crippen molar-refractivity contribution in [2.45, 2.75) is 0 Å². The van der Waals surface area contributed by atoms with Crippen LogP contribution < -0.4 is 0 Å². The molecule has 2 aromatic heterocycles. The van der Waals surface area contributed by atoms with Crippen molar-refractivity contribution in [2.75, 3.05) is 0 Å². The molecular formula is C26H15ClN2O. The maximum atomic E-state index is 6.35. The summed E-state index contributed by atoms with van der Waals surface area (Å²) in [6.07, 6.45) is 0. The Kier molecular flexibility index (Phi) is 3.83. The Hall–Kier alpha value is -3.69. The summed E-state index contributed by atoms with van der Waals surface area (Å²) in [5.41, 5.74) is 5.07. The first kappa shape index (κ1) is 17.2. The van der Waals surface area contributed by atoms with E-state index in [1.165, 1.54) is 5.39 Å². The van der Waals surface area contributed by atoms with E-state index in [0.29, 0.717) is 0 Å². The third-order valence-electron chi connectivity index (χ3n) is 5.42. The molecule has 0 aliphatic rings. The second-order valence-corrected chi connectivity index (χ2v) is 7.59. The zero-order valence-electron chi connectivity index (χ0n) is 15.8. The summed E-state index contributed by atoms with van der Waals surface area (Å²) in [5, 5.41) is 4.71. The number of benzene rings is 4. The van der Waals surface area contributed by atoms with Gasteiger partial charge in [-0.1, -0.05) is 66.7 Å². The lowest BCUT2D eigenvalue weighted by Crippen LogP contribution is -1.92. The molecule has 4 heteroatoms. The van der Waals surface area contributed by atoms with E-state index >= 15 is 0 Å². The maximum Gasteiger partial charge on any atom is 0.223 e. The predicted octanol–water partition coefficient (Wildman–Crippen LogP) is 7.52. The fourth-order valence-corrected chi connectivity index (χ4v) is 4.18. The summed E-state index contributed by atoms with van der Waals surface area (Å²) >= 11 is 6.35. The maximum absolute atomic E-state index is 6.35. The van der Waals surface area contributed by atoms with E-state index in [9.17, 15) is 0 Å². The molecule has 0 unspecified atom stereocenters. The van der Waals surface area contributed by atoms with Gasteiger partial charge in [0.15, 0.2) is 0 Å². The number of hydrogen-bond acceptors (Lipinski definition) is 3. The number of nitrogens with zero attached hydrogens (tertiary/aromatic N) is 2. The lowest BCUT2D eigenvalue weighted by atomic mass is 10.0. The summed E-state index contributed by atoms with van der Waals surface area (Å²) in [6.45, 7) is 0. The standard InChI is InChI=1S/C26H15ClN2O/c27-26-28-22(18-13-12-16-6-1-2-7-17(16)14-18)15-23(29-26)21-10-5-9-20-19-8-3-4-11-24(19)30-25(20)21/h1-15H. The SMILES string of the molecule is Clc1nc(-c2ccc3ccccc3c2)cc(-c2cccc3c2oc2ccccc23)n1. The van der Waals surface area contributed by atoms with E-state index in [-0.39, 0.29) is 5.28 Å². The summed E-state index contributed by atoms with van der Waals surface area (Å²) < 4.78 is 6.18. The van der Waals surface area contributed by atoms with Crippen molar-refractivity contribution >= 4 is 44.3 Å². The van der Waals surface area contributed by atoms with Gasteiger partial charge in [-0.25, -0.2) is 9.97 Å². The summed E-state index contributed by atoms with van der Waals surface area (Å²) in [7, 11) is 0. The summed E-state index contributed by atoms with van der Waals surface area (Å²) in [5.74, 6) is 0. The second-order valence-electron chi connectivity index (χ2n) is 7.25. The zero-order valence-corrected chi connectivity index (χ0v) is 16.6. The topological polar surface area (TPSA) is 38.9 Å². The lowest BCUT2D eigenvalue weighted by Gasteiger charge is -2.07. The van der Waals surface area contributed by atoms with Crippen LogP contribution in [-0.4, -0.2) is 9.97 Å². The van der Waals surface area contributed by atoms with Crippen LogP contribution in [0, 0.1) is 0 Å². The van der Waals surface area contributed by atoms with Gasteiger partial charge in [0.05, 0.1) is 11.4 Å². The van der Waals surface area contributed by atoms with Gasteiger partial charge < -0.3 is 4.42 Å². The van der Waals surface area contributed by atoms with Gasteiger partial charge in [-0.05, 0) is 46.6 Å². The van der Waals surface area contributed by atoms with Crippen molar-refractivity contribution in [3.05, 3.63) is 96.3 Å². The van der Waals surface area contributed by atoms with Crippen LogP contribution in [0.4, 0.5) is 0 Å². The molecule has 30 heavy (non-hydrogen) atoms. The molecule has 0 saturated heterocycles. The van der Waals surface area contributed by atoms with E-state index in [1.54, 1.807) is 0 Å². The number of furan rings is 1. The largest absolute Gasteiger partial charge is 0.455 e. The highest BCUT2D eigenvalue weighted by atomic mass is 35.5. The van der Waals surface area contributed by atoms with Crippen molar-refractivity contribution in [2.24, 2.45) is 0 Å². The Bertz CT molecular complexity index is 1570. The molecular weight excluding hydrogens is 392 g/mol. The van der Waals surface area contributed by atoms with E-state index in [0.717, 1.165) is 49.8 Å². The van der Waals surface area contributed by atoms with Gasteiger partial charge in [0.25, 0.3) is 0 Å². The molecule has 0 amide bonds. The Morgan fingerprint density at radius 1 is 0.633 bits per heavy atom. The van der Waals surface area contributed by atoms with Crippen LogP contribution in [0.3, 0.4) is 0 Å². The molecule has 0 aliphatic carbocycles. The smallest absolute Gasteiger partial charge is 0.223 e. The highest BCUT2D eigenvalue weighted by Gasteiger charge is 2.15. The molecule has 0 aliphatic heterocycles. The van der Waals surface area contributed by atoms with Gasteiger partial charge in [-0.2, -0.15) is 0 Å². The molecule has 6 aromatic rings. The molecule has 0 saturated carbocycles. The van der Waals surface area contributed by atoms with Crippen molar-refractivity contribution in [3.63, 3.8) is 0 Å². The first-order valence-corrected chi connectivity index (χ1v) is 10.1. The molecule has 142 valence electrons. The molecule has 0 fully saturated rings. The molecule has 0 radical (unpaired) electrons. The van der Waals surface area contributed by atoms with Crippen LogP contribution in [0.2, 0.25) is 5.28 Å². The highest BCUT2D eigenvalue weighted by Crippen LogP contribution is 2.36. The number of para-hydroxylation sites is 2. The Morgan fingerprint density at radius 2 is 1.40 bits per heavy atom. The van der Waals surface area contributed by atoms with Crippen molar-refractivity contribution in [1.82, 2.24) is 9.97 Å². The molecule has 4 aromatic carbocycles. The summed E-state index contributed by atoms with van der Waals surface area (Å²) in [6, 6.07) is 30.7. The zero-order chi connectivity index (χ0) is 20.1. The lowest BCUT2D eigenvalue weighted by molar-refractivity contribution is 0.670. The number of aromatic nitrogens is 2. The summed E-state index contributed by atoms with van der Waals surface area (Å²) in [4.78, 5) is 8.99. The van der Waals surface area contributed by atoms with Crippen LogP contribution in [0.25, 0.3) is 55.2 Å². The fourth-order valence-electron chi connectivity index (χ4n) is 4.00. The molecule has 0 spiro atoms. The molecule has 3 nitrogen and oxygen atoms in total. The van der Waals surface area contributed by atoms with Crippen LogP contribution in [0.1, 0.15) is 0 Å². The molecule has 0 N–H and O–H groups in total. The van der Waals surface area contributed by atoms with Crippen LogP contribution in [0.5, 0.6) is 0 Å². The third-order valence-corrected chi connectivity index (χ3v) is 5.59. The average molecular weight is 407 g/mol. The number of halogens is 1. The van der Waals surface area contributed by atoms with E-state index in [2.05, 4.69) is 52.4 Å². The van der Waals surface area contributed by atoms with Crippen molar-refractivity contribution in [1.29, 1.82) is 0 Å². The van der Waals surface area contributed by atoms with E-state index < -0.39 is 0 Å². The first-order valence-electron chi connectivity index (χ1n) is 9.71. The minimum Gasteiger partial charge on any atom is -0.455 e. The molecule has 0 bridgehead atoms. The second kappa shape index (κ2) is 6.68.